The van der Waals surface area contributed by atoms with Crippen molar-refractivity contribution in [1.29, 1.82) is 0 Å². The molecule has 1 amide bonds. The molecule has 4 heteroatoms. The third-order valence-corrected chi connectivity index (χ3v) is 3.65. The van der Waals surface area contributed by atoms with Crippen LogP contribution in [0.2, 0.25) is 0 Å². The maximum Gasteiger partial charge on any atom is 0.234 e. The van der Waals surface area contributed by atoms with Gasteiger partial charge in [0.1, 0.15) is 0 Å². The van der Waals surface area contributed by atoms with E-state index in [1.165, 1.54) is 17.7 Å². The Labute approximate surface area is 106 Å². The van der Waals surface area contributed by atoms with Crippen LogP contribution >= 0.6 is 11.3 Å². The molecular formula is C13H18N2OS. The normalized spacial score (nSPS) is 14.9. The van der Waals surface area contributed by atoms with E-state index < -0.39 is 0 Å². The van der Waals surface area contributed by atoms with Gasteiger partial charge in [0.25, 0.3) is 0 Å². The molecule has 1 aromatic rings. The lowest BCUT2D eigenvalue weighted by atomic mass is 10.3. The first-order valence-electron chi connectivity index (χ1n) is 5.93. The van der Waals surface area contributed by atoms with Crippen molar-refractivity contribution in [2.75, 3.05) is 13.1 Å². The van der Waals surface area contributed by atoms with Gasteiger partial charge in [0.2, 0.25) is 5.91 Å². The van der Waals surface area contributed by atoms with Gasteiger partial charge >= 0.3 is 0 Å². The molecule has 1 saturated carbocycles. The first kappa shape index (κ1) is 12.3. The van der Waals surface area contributed by atoms with Crippen LogP contribution in [0, 0.1) is 0 Å². The predicted molar refractivity (Wildman–Crippen MR) is 71.0 cm³/mol. The maximum absolute atomic E-state index is 11.7. The molecule has 0 spiro atoms. The lowest BCUT2D eigenvalue weighted by Crippen LogP contribution is -2.38. The number of carbonyl (C=O) groups excluding carboxylic acids is 1. The summed E-state index contributed by atoms with van der Waals surface area (Å²) in [5.74, 6) is 0.0911. The van der Waals surface area contributed by atoms with Crippen molar-refractivity contribution in [3.63, 3.8) is 0 Å². The Hall–Kier alpha value is -1.13. The molecule has 0 aliphatic heterocycles. The molecule has 0 bridgehead atoms. The lowest BCUT2D eigenvalue weighted by Gasteiger charge is -2.20. The number of hydrogen-bond donors (Lipinski definition) is 1. The van der Waals surface area contributed by atoms with E-state index in [2.05, 4.69) is 34.3 Å². The minimum Gasteiger partial charge on any atom is -0.352 e. The smallest absolute Gasteiger partial charge is 0.234 e. The topological polar surface area (TPSA) is 32.3 Å². The average molecular weight is 250 g/mol. The number of thiophene rings is 1. The molecule has 0 radical (unpaired) electrons. The van der Waals surface area contributed by atoms with Crippen LogP contribution < -0.4 is 5.32 Å². The second kappa shape index (κ2) is 5.98. The molecule has 1 N–H and O–H groups in total. The summed E-state index contributed by atoms with van der Waals surface area (Å²) in [5.41, 5.74) is 0. The summed E-state index contributed by atoms with van der Waals surface area (Å²) in [6, 6.07) is 4.79. The van der Waals surface area contributed by atoms with Crippen molar-refractivity contribution in [3.8, 4) is 0 Å². The van der Waals surface area contributed by atoms with Crippen LogP contribution in [-0.2, 0) is 11.3 Å². The quantitative estimate of drug-likeness (QED) is 0.751. The fourth-order valence-corrected chi connectivity index (χ4v) is 2.51. The van der Waals surface area contributed by atoms with Gasteiger partial charge in [0.05, 0.1) is 6.54 Å². The van der Waals surface area contributed by atoms with Crippen molar-refractivity contribution in [2.24, 2.45) is 0 Å². The highest BCUT2D eigenvalue weighted by molar-refractivity contribution is 7.09. The van der Waals surface area contributed by atoms with E-state index in [4.69, 9.17) is 0 Å². The van der Waals surface area contributed by atoms with Gasteiger partial charge in [-0.15, -0.1) is 17.9 Å². The molecule has 17 heavy (non-hydrogen) atoms. The molecule has 1 aliphatic carbocycles. The zero-order valence-electron chi connectivity index (χ0n) is 9.89. The number of nitrogens with zero attached hydrogens (tertiary/aromatic N) is 1. The maximum atomic E-state index is 11.7. The molecule has 1 fully saturated rings. The second-order valence-electron chi connectivity index (χ2n) is 4.31. The summed E-state index contributed by atoms with van der Waals surface area (Å²) in [5, 5.41) is 4.91. The van der Waals surface area contributed by atoms with E-state index in [-0.39, 0.29) is 5.91 Å². The summed E-state index contributed by atoms with van der Waals surface area (Å²) in [6.45, 7) is 5.53. The minimum absolute atomic E-state index is 0.0911. The highest BCUT2D eigenvalue weighted by Crippen LogP contribution is 2.28. The van der Waals surface area contributed by atoms with Gasteiger partial charge in [0, 0.05) is 24.0 Å². The van der Waals surface area contributed by atoms with Gasteiger partial charge in [-0.1, -0.05) is 12.1 Å². The third kappa shape index (κ3) is 3.98. The minimum atomic E-state index is 0.0911. The molecule has 1 heterocycles. The zero-order chi connectivity index (χ0) is 12.1. The van der Waals surface area contributed by atoms with Gasteiger partial charge in [-0.25, -0.2) is 0 Å². The van der Waals surface area contributed by atoms with Gasteiger partial charge in [0.15, 0.2) is 0 Å². The van der Waals surface area contributed by atoms with Crippen molar-refractivity contribution in [3.05, 3.63) is 35.0 Å². The van der Waals surface area contributed by atoms with Crippen LogP contribution in [0.15, 0.2) is 30.2 Å². The first-order chi connectivity index (χ1) is 8.29. The summed E-state index contributed by atoms with van der Waals surface area (Å²) in [4.78, 5) is 15.3. The summed E-state index contributed by atoms with van der Waals surface area (Å²) >= 11 is 1.75. The third-order valence-electron chi connectivity index (χ3n) is 2.79. The molecule has 1 aromatic heterocycles. The SMILES string of the molecule is C=CCNC(=O)CN(Cc1cccs1)C1CC1. The molecule has 0 atom stereocenters. The Morgan fingerprint density at radius 2 is 2.47 bits per heavy atom. The summed E-state index contributed by atoms with van der Waals surface area (Å²) in [6.07, 6.45) is 4.15. The average Bonchev–Trinajstić information content (AvgIpc) is 3.05. The van der Waals surface area contributed by atoms with Crippen molar-refractivity contribution >= 4 is 17.2 Å². The number of carbonyl (C=O) groups is 1. The summed E-state index contributed by atoms with van der Waals surface area (Å²) < 4.78 is 0. The van der Waals surface area contributed by atoms with E-state index in [0.717, 1.165) is 6.54 Å². The van der Waals surface area contributed by atoms with Crippen LogP contribution in [0.1, 0.15) is 17.7 Å². The number of hydrogen-bond acceptors (Lipinski definition) is 3. The van der Waals surface area contributed by atoms with E-state index in [9.17, 15) is 4.79 Å². The van der Waals surface area contributed by atoms with Crippen molar-refractivity contribution in [2.45, 2.75) is 25.4 Å². The van der Waals surface area contributed by atoms with Crippen molar-refractivity contribution in [1.82, 2.24) is 10.2 Å². The Morgan fingerprint density at radius 3 is 3.06 bits per heavy atom. The van der Waals surface area contributed by atoms with E-state index in [0.29, 0.717) is 19.1 Å². The van der Waals surface area contributed by atoms with Gasteiger partial charge in [-0.3, -0.25) is 9.69 Å². The Bertz CT molecular complexity index is 371. The molecule has 92 valence electrons. The monoisotopic (exact) mass is 250 g/mol. The lowest BCUT2D eigenvalue weighted by molar-refractivity contribution is -0.122. The largest absolute Gasteiger partial charge is 0.352 e. The van der Waals surface area contributed by atoms with Crippen molar-refractivity contribution < 1.29 is 4.79 Å². The molecule has 0 saturated heterocycles. The standard InChI is InChI=1S/C13H18N2OS/c1-2-7-14-13(16)10-15(11-5-6-11)9-12-4-3-8-17-12/h2-4,8,11H,1,5-7,9-10H2,(H,14,16). The molecule has 1 aliphatic rings. The molecule has 2 rings (SSSR count). The molecule has 3 nitrogen and oxygen atoms in total. The summed E-state index contributed by atoms with van der Waals surface area (Å²) in [7, 11) is 0. The fourth-order valence-electron chi connectivity index (χ4n) is 1.78. The predicted octanol–water partition coefficient (Wildman–Crippen LogP) is 2.01. The fraction of sp³-hybridized carbons (Fsp3) is 0.462. The van der Waals surface area contributed by atoms with Gasteiger partial charge < -0.3 is 5.32 Å². The van der Waals surface area contributed by atoms with Crippen LogP contribution in [0.5, 0.6) is 0 Å². The molecule has 0 aromatic carbocycles. The number of nitrogens with one attached hydrogen (secondary N) is 1. The zero-order valence-corrected chi connectivity index (χ0v) is 10.7. The highest BCUT2D eigenvalue weighted by Gasteiger charge is 2.30. The van der Waals surface area contributed by atoms with Gasteiger partial charge in [-0.05, 0) is 24.3 Å². The van der Waals surface area contributed by atoms with Crippen LogP contribution in [0.4, 0.5) is 0 Å². The van der Waals surface area contributed by atoms with Crippen LogP contribution in [-0.4, -0.2) is 29.9 Å². The Kier molecular flexibility index (Phi) is 4.34. The molecule has 0 unspecified atom stereocenters. The Morgan fingerprint density at radius 1 is 1.65 bits per heavy atom. The highest BCUT2D eigenvalue weighted by atomic mass is 32.1. The first-order valence-corrected chi connectivity index (χ1v) is 6.81. The number of rotatable bonds is 7. The Balaban J connectivity index is 1.84. The number of amides is 1. The second-order valence-corrected chi connectivity index (χ2v) is 5.34. The molecular weight excluding hydrogens is 232 g/mol. The van der Waals surface area contributed by atoms with Gasteiger partial charge in [-0.2, -0.15) is 0 Å². The van der Waals surface area contributed by atoms with Crippen LogP contribution in [0.25, 0.3) is 0 Å². The van der Waals surface area contributed by atoms with E-state index >= 15 is 0 Å². The van der Waals surface area contributed by atoms with E-state index in [1.54, 1.807) is 17.4 Å². The van der Waals surface area contributed by atoms with Crippen LogP contribution in [0.3, 0.4) is 0 Å². The van der Waals surface area contributed by atoms with E-state index in [1.807, 2.05) is 0 Å².